The Hall–Kier alpha value is -1.90. The number of fused-ring (bicyclic) bond motifs is 2. The number of nitrogens with zero attached hydrogens (tertiary/aromatic N) is 2. The second kappa shape index (κ2) is 8.08. The fraction of sp³-hybridized carbons (Fsp3) is 0.750. The highest BCUT2D eigenvalue weighted by molar-refractivity contribution is 7.90. The molecule has 3 heterocycles. The van der Waals surface area contributed by atoms with Gasteiger partial charge in [0.15, 0.2) is 0 Å². The first-order valence-electron chi connectivity index (χ1n) is 10.7. The van der Waals surface area contributed by atoms with E-state index in [0.29, 0.717) is 32.2 Å². The Labute approximate surface area is 171 Å². The van der Waals surface area contributed by atoms with Gasteiger partial charge < -0.3 is 10.2 Å². The largest absolute Gasteiger partial charge is 0.340 e. The third kappa shape index (κ3) is 3.93. The average molecular weight is 424 g/mol. The van der Waals surface area contributed by atoms with E-state index < -0.39 is 39.3 Å². The van der Waals surface area contributed by atoms with Gasteiger partial charge in [0.1, 0.15) is 12.1 Å². The van der Waals surface area contributed by atoms with Gasteiger partial charge >= 0.3 is 0 Å². The van der Waals surface area contributed by atoms with Crippen molar-refractivity contribution in [3.8, 4) is 0 Å². The van der Waals surface area contributed by atoms with Crippen LogP contribution in [0.5, 0.6) is 0 Å². The van der Waals surface area contributed by atoms with Gasteiger partial charge in [-0.1, -0.05) is 25.0 Å². The van der Waals surface area contributed by atoms with Crippen LogP contribution < -0.4 is 5.32 Å². The molecule has 1 unspecified atom stereocenters. The number of nitrogens with one attached hydrogen (secondary N) is 1. The minimum Gasteiger partial charge on any atom is -0.340 e. The van der Waals surface area contributed by atoms with Gasteiger partial charge in [-0.2, -0.15) is 0 Å². The lowest BCUT2D eigenvalue weighted by atomic mass is 9.97. The van der Waals surface area contributed by atoms with E-state index in [1.54, 1.807) is 11.0 Å². The molecule has 0 aromatic rings. The van der Waals surface area contributed by atoms with Crippen LogP contribution >= 0.6 is 0 Å². The maximum atomic E-state index is 12.9. The molecular weight excluding hydrogens is 394 g/mol. The Balaban J connectivity index is 1.55. The zero-order valence-electron chi connectivity index (χ0n) is 16.6. The number of carbonyl (C=O) groups is 3. The van der Waals surface area contributed by atoms with Crippen molar-refractivity contribution in [2.45, 2.75) is 87.6 Å². The smallest absolute Gasteiger partial charge is 0.261 e. The highest BCUT2D eigenvalue weighted by Crippen LogP contribution is 2.37. The lowest BCUT2D eigenvalue weighted by Crippen LogP contribution is -2.72. The maximum Gasteiger partial charge on any atom is 0.261 e. The second-order valence-electron chi connectivity index (χ2n) is 8.48. The van der Waals surface area contributed by atoms with E-state index in [0.717, 1.165) is 42.8 Å². The monoisotopic (exact) mass is 423 g/mol. The fourth-order valence-corrected chi connectivity index (χ4v) is 6.45. The van der Waals surface area contributed by atoms with E-state index in [4.69, 9.17) is 0 Å². The van der Waals surface area contributed by atoms with Crippen molar-refractivity contribution in [3.63, 3.8) is 0 Å². The molecule has 0 radical (unpaired) electrons. The van der Waals surface area contributed by atoms with Crippen LogP contribution in [-0.2, 0) is 24.4 Å². The van der Waals surface area contributed by atoms with E-state index in [9.17, 15) is 22.8 Å². The van der Waals surface area contributed by atoms with Crippen molar-refractivity contribution in [2.24, 2.45) is 0 Å². The molecule has 1 aliphatic carbocycles. The van der Waals surface area contributed by atoms with E-state index in [1.165, 1.54) is 0 Å². The molecule has 8 nitrogen and oxygen atoms in total. The van der Waals surface area contributed by atoms with Crippen molar-refractivity contribution in [2.75, 3.05) is 6.54 Å². The molecule has 29 heavy (non-hydrogen) atoms. The highest BCUT2D eigenvalue weighted by atomic mass is 32.2. The Morgan fingerprint density at radius 2 is 1.72 bits per heavy atom. The van der Waals surface area contributed by atoms with Gasteiger partial charge in [-0.3, -0.25) is 14.4 Å². The number of rotatable bonds is 2. The van der Waals surface area contributed by atoms with Crippen molar-refractivity contribution in [1.82, 2.24) is 14.5 Å². The van der Waals surface area contributed by atoms with Gasteiger partial charge in [0, 0.05) is 13.0 Å². The van der Waals surface area contributed by atoms with E-state index in [1.807, 2.05) is 6.08 Å². The third-order valence-corrected chi connectivity index (χ3v) is 8.62. The van der Waals surface area contributed by atoms with Crippen molar-refractivity contribution < 1.29 is 22.8 Å². The lowest BCUT2D eigenvalue weighted by molar-refractivity contribution is -0.145. The van der Waals surface area contributed by atoms with Gasteiger partial charge in [0.2, 0.25) is 21.8 Å². The summed E-state index contributed by atoms with van der Waals surface area (Å²) < 4.78 is 26.3. The molecule has 3 atom stereocenters. The summed E-state index contributed by atoms with van der Waals surface area (Å²) in [6.45, 7) is 0.557. The van der Waals surface area contributed by atoms with Crippen LogP contribution in [0.3, 0.4) is 0 Å². The number of sulfonamides is 1. The minimum absolute atomic E-state index is 0.00919. The lowest BCUT2D eigenvalue weighted by Gasteiger charge is -2.45. The molecule has 0 aromatic heterocycles. The molecule has 0 aromatic carbocycles. The minimum atomic E-state index is -3.66. The Morgan fingerprint density at radius 3 is 2.48 bits per heavy atom. The summed E-state index contributed by atoms with van der Waals surface area (Å²) in [6, 6.07) is -2.12. The fourth-order valence-electron chi connectivity index (χ4n) is 4.50. The number of allylic oxidation sites excluding steroid dienone is 1. The summed E-state index contributed by atoms with van der Waals surface area (Å²) in [6.07, 6.45) is 11.1. The van der Waals surface area contributed by atoms with Crippen molar-refractivity contribution in [3.05, 3.63) is 12.2 Å². The summed E-state index contributed by atoms with van der Waals surface area (Å²) >= 11 is 0. The topological polar surface area (TPSA) is 104 Å². The molecule has 3 amide bonds. The average Bonchev–Trinajstić information content (AvgIpc) is 3.44. The molecule has 3 aliphatic heterocycles. The summed E-state index contributed by atoms with van der Waals surface area (Å²) in [7, 11) is -3.66. The molecular formula is C20H29N3O5S. The van der Waals surface area contributed by atoms with Gasteiger partial charge in [0.25, 0.3) is 5.91 Å². The van der Waals surface area contributed by atoms with Crippen molar-refractivity contribution >= 4 is 27.7 Å². The van der Waals surface area contributed by atoms with Crippen LogP contribution in [0.2, 0.25) is 0 Å². The highest BCUT2D eigenvalue weighted by Gasteiger charge is 2.57. The van der Waals surface area contributed by atoms with E-state index >= 15 is 0 Å². The first-order chi connectivity index (χ1) is 13.9. The summed E-state index contributed by atoms with van der Waals surface area (Å²) in [5, 5.41) is 2.27. The van der Waals surface area contributed by atoms with Gasteiger partial charge in [-0.25, -0.2) is 12.7 Å². The quantitative estimate of drug-likeness (QED) is 0.529. The predicted octanol–water partition coefficient (Wildman–Crippen LogP) is 1.08. The number of hydrogen-bond acceptors (Lipinski definition) is 5. The standard InChI is InChI=1S/C20H29N3O5S/c24-17-10-6-4-2-1-3-5-8-15-18(21-19(25)16-9-7-13-22(16)17)20(26)23(15)29(27,28)14-11-12-14/h5,8,14-16,18H,1-4,6-7,9-13H2,(H,21,25)/b8-5-/t15-,16-,18?/m0/s1. The molecule has 1 saturated carbocycles. The molecule has 2 saturated heterocycles. The molecule has 1 N–H and O–H groups in total. The predicted molar refractivity (Wildman–Crippen MR) is 106 cm³/mol. The van der Waals surface area contributed by atoms with E-state index in [-0.39, 0.29) is 11.8 Å². The van der Waals surface area contributed by atoms with Crippen LogP contribution in [0.4, 0.5) is 0 Å². The normalized spacial score (nSPS) is 33.1. The van der Waals surface area contributed by atoms with Crippen LogP contribution in [-0.4, -0.2) is 65.3 Å². The molecule has 4 aliphatic rings. The zero-order chi connectivity index (χ0) is 20.6. The van der Waals surface area contributed by atoms with Gasteiger partial charge in [-0.15, -0.1) is 0 Å². The number of carbonyl (C=O) groups excluding carboxylic acids is 3. The van der Waals surface area contributed by atoms with E-state index in [2.05, 4.69) is 5.32 Å². The molecule has 0 bridgehead atoms. The Morgan fingerprint density at radius 1 is 0.966 bits per heavy atom. The van der Waals surface area contributed by atoms with Gasteiger partial charge in [-0.05, 0) is 44.9 Å². The number of amides is 3. The zero-order valence-corrected chi connectivity index (χ0v) is 17.4. The molecule has 9 heteroatoms. The Bertz CT molecular complexity index is 820. The summed E-state index contributed by atoms with van der Waals surface area (Å²) in [4.78, 5) is 39.7. The first kappa shape index (κ1) is 20.4. The summed E-state index contributed by atoms with van der Waals surface area (Å²) in [5.74, 6) is -0.934. The molecule has 4 rings (SSSR count). The molecule has 0 spiro atoms. The van der Waals surface area contributed by atoms with Gasteiger partial charge in [0.05, 0.1) is 11.3 Å². The van der Waals surface area contributed by atoms with Crippen LogP contribution in [0.25, 0.3) is 0 Å². The Kier molecular flexibility index (Phi) is 5.68. The SMILES string of the molecule is O=C1NC2C(=O)N(S(=O)(=O)C3CC3)[C@H]2/C=C\CCCCCCC(=O)N2CCC[C@@H]12. The molecule has 160 valence electrons. The second-order valence-corrected chi connectivity index (χ2v) is 10.6. The first-order valence-corrected chi connectivity index (χ1v) is 12.2. The summed E-state index contributed by atoms with van der Waals surface area (Å²) in [5.41, 5.74) is 0. The third-order valence-electron chi connectivity index (χ3n) is 6.33. The molecule has 3 fully saturated rings. The van der Waals surface area contributed by atoms with Crippen LogP contribution in [0.1, 0.15) is 64.2 Å². The number of hydrogen-bond donors (Lipinski definition) is 1. The number of β-lactam (4-membered cyclic amide) rings is 1. The maximum absolute atomic E-state index is 12.9. The van der Waals surface area contributed by atoms with Crippen LogP contribution in [0.15, 0.2) is 12.2 Å². The van der Waals surface area contributed by atoms with Crippen molar-refractivity contribution in [1.29, 1.82) is 0 Å². The van der Waals surface area contributed by atoms with Crippen LogP contribution in [0, 0.1) is 0 Å².